The van der Waals surface area contributed by atoms with E-state index in [2.05, 4.69) is 25.8 Å². The number of rotatable bonds is 12. The van der Waals surface area contributed by atoms with Crippen LogP contribution in [-0.4, -0.2) is 59.7 Å². The van der Waals surface area contributed by atoms with Crippen molar-refractivity contribution in [2.75, 3.05) is 10.2 Å². The zero-order valence-electron chi connectivity index (χ0n) is 19.0. The summed E-state index contributed by atoms with van der Waals surface area (Å²) >= 11 is 0. The number of carbonyl (C=O) groups is 3. The maximum absolute atomic E-state index is 12.1. The first kappa shape index (κ1) is 26.2. The molecule has 0 saturated heterocycles. The van der Waals surface area contributed by atoms with Crippen molar-refractivity contribution in [2.24, 2.45) is 0 Å². The van der Waals surface area contributed by atoms with Crippen molar-refractivity contribution in [3.8, 4) is 11.8 Å². The largest absolute Gasteiger partial charge is 0.480 e. The first-order valence-electron chi connectivity index (χ1n) is 10.6. The summed E-state index contributed by atoms with van der Waals surface area (Å²) in [6, 6.07) is 8.27. The maximum atomic E-state index is 12.1. The van der Waals surface area contributed by atoms with Crippen LogP contribution in [0.2, 0.25) is 0 Å². The highest BCUT2D eigenvalue weighted by Gasteiger charge is 2.27. The number of tetrazole rings is 1. The number of carboxylic acid groups (broad SMARTS) is 1. The van der Waals surface area contributed by atoms with Crippen molar-refractivity contribution in [1.82, 2.24) is 25.2 Å². The van der Waals surface area contributed by atoms with Crippen LogP contribution in [0.15, 0.2) is 42.6 Å². The zero-order valence-corrected chi connectivity index (χ0v) is 19.0. The minimum absolute atomic E-state index is 0.0146. The number of amides is 2. The Bertz CT molecular complexity index is 1300. The molecule has 0 aliphatic heterocycles. The molecule has 16 heteroatoms. The molecule has 2 amide bonds. The molecule has 0 saturated carbocycles. The normalized spacial score (nSPS) is 11.1. The van der Waals surface area contributed by atoms with E-state index in [1.807, 2.05) is 6.07 Å². The molecule has 0 aliphatic carbocycles. The third-order valence-electron chi connectivity index (χ3n) is 4.93. The van der Waals surface area contributed by atoms with Gasteiger partial charge in [0.1, 0.15) is 17.6 Å². The Balaban J connectivity index is 1.63. The molecule has 190 valence electrons. The molecular formula is C21H19N9O7. The van der Waals surface area contributed by atoms with Gasteiger partial charge in [-0.2, -0.15) is 5.26 Å². The molecule has 1 atom stereocenters. The quantitative estimate of drug-likeness (QED) is 0.202. The first-order valence-corrected chi connectivity index (χ1v) is 10.6. The molecule has 16 nitrogen and oxygen atoms in total. The summed E-state index contributed by atoms with van der Waals surface area (Å²) in [6.45, 7) is 0.247. The molecule has 2 N–H and O–H groups in total. The van der Waals surface area contributed by atoms with E-state index < -0.39 is 23.0 Å². The summed E-state index contributed by atoms with van der Waals surface area (Å²) < 4.78 is 6.43. The highest BCUT2D eigenvalue weighted by atomic mass is 16.6. The van der Waals surface area contributed by atoms with Crippen LogP contribution >= 0.6 is 0 Å². The van der Waals surface area contributed by atoms with Crippen LogP contribution < -0.4 is 15.0 Å². The van der Waals surface area contributed by atoms with Crippen molar-refractivity contribution in [3.05, 3.63) is 58.5 Å². The van der Waals surface area contributed by atoms with Crippen LogP contribution in [0.4, 0.5) is 22.0 Å². The van der Waals surface area contributed by atoms with Gasteiger partial charge in [0.15, 0.2) is 5.82 Å². The second kappa shape index (κ2) is 12.3. The molecule has 3 rings (SSSR count). The van der Waals surface area contributed by atoms with Gasteiger partial charge in [0.05, 0.1) is 35.8 Å². The van der Waals surface area contributed by atoms with Gasteiger partial charge in [-0.15, -0.1) is 5.10 Å². The smallest absolute Gasteiger partial charge is 0.417 e. The molecule has 2 heterocycles. The Kier molecular flexibility index (Phi) is 8.70. The zero-order chi connectivity index (χ0) is 26.8. The number of aryl methyl sites for hydroxylation is 2. The average molecular weight is 509 g/mol. The van der Waals surface area contributed by atoms with Crippen molar-refractivity contribution in [1.29, 1.82) is 5.26 Å². The number of anilines is 2. The first-order chi connectivity index (χ1) is 17.8. The Morgan fingerprint density at radius 1 is 1.30 bits per heavy atom. The SMILES string of the molecule is N#CCCn1nnnc1CC[C@@H](C(=O)O)N(C=O)c1ccc(NC(=O)Oc2ccc([N+](=O)[O-])cc2)cn1. The Morgan fingerprint density at radius 2 is 2.05 bits per heavy atom. The van der Waals surface area contributed by atoms with E-state index in [-0.39, 0.29) is 48.7 Å². The number of ether oxygens (including phenoxy) is 1. The molecular weight excluding hydrogens is 490 g/mol. The fourth-order valence-corrected chi connectivity index (χ4v) is 3.17. The van der Waals surface area contributed by atoms with Crippen LogP contribution in [0.5, 0.6) is 5.75 Å². The second-order valence-corrected chi connectivity index (χ2v) is 7.30. The van der Waals surface area contributed by atoms with Crippen molar-refractivity contribution in [3.63, 3.8) is 0 Å². The van der Waals surface area contributed by atoms with E-state index in [4.69, 9.17) is 10.00 Å². The molecule has 0 radical (unpaired) electrons. The number of carboxylic acids is 1. The number of aromatic nitrogens is 5. The maximum Gasteiger partial charge on any atom is 0.417 e. The van der Waals surface area contributed by atoms with Gasteiger partial charge in [-0.1, -0.05) is 0 Å². The van der Waals surface area contributed by atoms with E-state index in [0.717, 1.165) is 4.90 Å². The number of carbonyl (C=O) groups excluding carboxylic acids is 2. The standard InChI is InChI=1S/C21H19N9O7/c22-10-1-11-29-19(25-26-27-29)9-7-17(20(32)33)28(13-31)18-8-2-14(12-23-18)24-21(34)37-16-5-3-15(4-6-16)30(35)36/h2-6,8,12-13,17H,1,7,9,11H2,(H,24,34)(H,32,33)/t17-/m0/s1. The van der Waals surface area contributed by atoms with Crippen molar-refractivity contribution >= 4 is 35.7 Å². The van der Waals surface area contributed by atoms with Gasteiger partial charge in [0.2, 0.25) is 6.41 Å². The highest BCUT2D eigenvalue weighted by molar-refractivity contribution is 5.88. The average Bonchev–Trinajstić information content (AvgIpc) is 3.33. The van der Waals surface area contributed by atoms with Gasteiger partial charge in [-0.25, -0.2) is 19.3 Å². The monoisotopic (exact) mass is 509 g/mol. The molecule has 0 unspecified atom stereocenters. The molecule has 0 bridgehead atoms. The number of nitro benzene ring substituents is 1. The number of benzene rings is 1. The number of nitrogens with zero attached hydrogens (tertiary/aromatic N) is 8. The van der Waals surface area contributed by atoms with Crippen molar-refractivity contribution in [2.45, 2.75) is 31.8 Å². The number of hydrogen-bond donors (Lipinski definition) is 2. The van der Waals surface area contributed by atoms with Gasteiger partial charge >= 0.3 is 12.1 Å². The molecule has 0 aliphatic rings. The molecule has 1 aromatic carbocycles. The van der Waals surface area contributed by atoms with Crippen LogP contribution in [-0.2, 0) is 22.6 Å². The minimum atomic E-state index is -1.29. The van der Waals surface area contributed by atoms with Crippen molar-refractivity contribution < 1.29 is 29.2 Å². The predicted octanol–water partition coefficient (Wildman–Crippen LogP) is 1.55. The van der Waals surface area contributed by atoms with E-state index in [1.54, 1.807) is 0 Å². The third kappa shape index (κ3) is 7.02. The predicted molar refractivity (Wildman–Crippen MR) is 123 cm³/mol. The summed E-state index contributed by atoms with van der Waals surface area (Å²) in [4.78, 5) is 50.8. The number of aliphatic carboxylic acids is 1. The minimum Gasteiger partial charge on any atom is -0.480 e. The Morgan fingerprint density at radius 3 is 2.65 bits per heavy atom. The fourth-order valence-electron chi connectivity index (χ4n) is 3.17. The number of nitrogens with one attached hydrogen (secondary N) is 1. The highest BCUT2D eigenvalue weighted by Crippen LogP contribution is 2.20. The van der Waals surface area contributed by atoms with Gasteiger partial charge in [0, 0.05) is 18.6 Å². The summed E-state index contributed by atoms with van der Waals surface area (Å²) in [6.07, 6.45) is 0.887. The molecule has 2 aromatic heterocycles. The third-order valence-corrected chi connectivity index (χ3v) is 4.93. The van der Waals surface area contributed by atoms with Crippen LogP contribution in [0.1, 0.15) is 18.7 Å². The number of non-ortho nitro benzene ring substituents is 1. The van der Waals surface area contributed by atoms with Crippen LogP contribution in [0.3, 0.4) is 0 Å². The van der Waals surface area contributed by atoms with Gasteiger partial charge < -0.3 is 9.84 Å². The lowest BCUT2D eigenvalue weighted by atomic mass is 10.1. The van der Waals surface area contributed by atoms with E-state index in [1.165, 1.54) is 47.3 Å². The fraction of sp³-hybridized carbons (Fsp3) is 0.238. The number of hydrogen-bond acceptors (Lipinski definition) is 11. The topological polar surface area (TPSA) is 219 Å². The Labute approximate surface area is 208 Å². The Hall–Kier alpha value is -5.46. The number of pyridine rings is 1. The van der Waals surface area contributed by atoms with Gasteiger partial charge in [-0.3, -0.25) is 25.1 Å². The molecule has 3 aromatic rings. The summed E-state index contributed by atoms with van der Waals surface area (Å²) in [5.41, 5.74) is 0.0227. The van der Waals surface area contributed by atoms with Gasteiger partial charge in [-0.05, 0) is 41.1 Å². The molecule has 37 heavy (non-hydrogen) atoms. The lowest BCUT2D eigenvalue weighted by Gasteiger charge is -2.24. The van der Waals surface area contributed by atoms with E-state index in [0.29, 0.717) is 12.2 Å². The van der Waals surface area contributed by atoms with E-state index in [9.17, 15) is 29.6 Å². The number of nitro groups is 1. The summed E-state index contributed by atoms with van der Waals surface area (Å²) in [5.74, 6) is -0.825. The molecule has 0 fully saturated rings. The summed E-state index contributed by atoms with van der Waals surface area (Å²) in [5, 5.41) is 42.6. The second-order valence-electron chi connectivity index (χ2n) is 7.30. The van der Waals surface area contributed by atoms with Crippen LogP contribution in [0.25, 0.3) is 0 Å². The lowest BCUT2D eigenvalue weighted by molar-refractivity contribution is -0.384. The lowest BCUT2D eigenvalue weighted by Crippen LogP contribution is -2.41. The van der Waals surface area contributed by atoms with Gasteiger partial charge in [0.25, 0.3) is 5.69 Å². The molecule has 0 spiro atoms. The van der Waals surface area contributed by atoms with Crippen LogP contribution in [0, 0.1) is 21.4 Å². The summed E-state index contributed by atoms with van der Waals surface area (Å²) in [7, 11) is 0. The van der Waals surface area contributed by atoms with E-state index >= 15 is 0 Å². The number of nitriles is 1.